The van der Waals surface area contributed by atoms with Crippen LogP contribution in [0.25, 0.3) is 11.0 Å². The van der Waals surface area contributed by atoms with Gasteiger partial charge in [0.1, 0.15) is 5.69 Å². The molecule has 0 bridgehead atoms. The van der Waals surface area contributed by atoms with Crippen LogP contribution in [0.1, 0.15) is 0 Å². The highest BCUT2D eigenvalue weighted by molar-refractivity contribution is 7.71. The summed E-state index contributed by atoms with van der Waals surface area (Å²) < 4.78 is 0.658. The molecule has 0 saturated carbocycles. The molecule has 0 amide bonds. The van der Waals surface area contributed by atoms with Crippen LogP contribution >= 0.6 is 12.2 Å². The molecule has 0 saturated heterocycles. The zero-order valence-corrected chi connectivity index (χ0v) is 6.66. The molecule has 1 aromatic carbocycles. The molecule has 0 aliphatic heterocycles. The van der Waals surface area contributed by atoms with Crippen molar-refractivity contribution in [3.05, 3.63) is 23.0 Å². The minimum atomic E-state index is 0.658. The van der Waals surface area contributed by atoms with E-state index in [1.54, 1.807) is 0 Å². The first-order valence-corrected chi connectivity index (χ1v) is 3.70. The van der Waals surface area contributed by atoms with Crippen molar-refractivity contribution in [2.24, 2.45) is 0 Å². The maximum absolute atomic E-state index is 4.92. The highest BCUT2D eigenvalue weighted by Crippen LogP contribution is 2.11. The SMILES string of the molecule is [NH3+]c1ccc2[nH]c(=S)[nH]c2c1. The third-order valence-electron chi connectivity index (χ3n) is 1.58. The van der Waals surface area contributed by atoms with Crippen LogP contribution in [0.2, 0.25) is 0 Å². The van der Waals surface area contributed by atoms with Crippen molar-refractivity contribution in [3.63, 3.8) is 0 Å². The number of imidazole rings is 1. The van der Waals surface area contributed by atoms with Gasteiger partial charge in [-0.15, -0.1) is 0 Å². The lowest BCUT2D eigenvalue weighted by atomic mass is 10.3. The van der Waals surface area contributed by atoms with Crippen LogP contribution in [0, 0.1) is 4.77 Å². The Hall–Kier alpha value is -1.13. The molecule has 0 atom stereocenters. The highest BCUT2D eigenvalue weighted by Gasteiger charge is 1.96. The molecule has 5 N–H and O–H groups in total. The van der Waals surface area contributed by atoms with Gasteiger partial charge in [-0.05, 0) is 18.3 Å². The van der Waals surface area contributed by atoms with Crippen LogP contribution < -0.4 is 5.73 Å². The summed E-state index contributed by atoms with van der Waals surface area (Å²) in [4.78, 5) is 6.04. The van der Waals surface area contributed by atoms with Crippen molar-refractivity contribution in [2.45, 2.75) is 0 Å². The minimum absolute atomic E-state index is 0.658. The van der Waals surface area contributed by atoms with Gasteiger partial charge in [-0.25, -0.2) is 0 Å². The van der Waals surface area contributed by atoms with E-state index in [2.05, 4.69) is 15.7 Å². The van der Waals surface area contributed by atoms with E-state index in [4.69, 9.17) is 12.2 Å². The number of hydrogen-bond donors (Lipinski definition) is 3. The van der Waals surface area contributed by atoms with E-state index in [9.17, 15) is 0 Å². The molecule has 3 nitrogen and oxygen atoms in total. The third-order valence-corrected chi connectivity index (χ3v) is 1.78. The predicted molar refractivity (Wildman–Crippen MR) is 46.0 cm³/mol. The molecule has 0 radical (unpaired) electrons. The van der Waals surface area contributed by atoms with E-state index in [0.717, 1.165) is 16.7 Å². The van der Waals surface area contributed by atoms with Gasteiger partial charge < -0.3 is 15.7 Å². The number of quaternary nitrogens is 1. The van der Waals surface area contributed by atoms with E-state index in [0.29, 0.717) is 4.77 Å². The number of rotatable bonds is 0. The van der Waals surface area contributed by atoms with Gasteiger partial charge in [0.2, 0.25) is 0 Å². The van der Waals surface area contributed by atoms with Crippen LogP contribution in [-0.2, 0) is 0 Å². The van der Waals surface area contributed by atoms with Crippen molar-refractivity contribution in [1.82, 2.24) is 9.97 Å². The van der Waals surface area contributed by atoms with Crippen molar-refractivity contribution in [2.75, 3.05) is 0 Å². The van der Waals surface area contributed by atoms with E-state index in [1.165, 1.54) is 0 Å². The smallest absolute Gasteiger partial charge is 0.175 e. The minimum Gasteiger partial charge on any atom is -0.331 e. The van der Waals surface area contributed by atoms with Crippen molar-refractivity contribution in [1.29, 1.82) is 0 Å². The first-order valence-electron chi connectivity index (χ1n) is 3.30. The molecular weight excluding hydrogens is 158 g/mol. The van der Waals surface area contributed by atoms with Crippen molar-refractivity contribution >= 4 is 28.9 Å². The Morgan fingerprint density at radius 1 is 1.18 bits per heavy atom. The van der Waals surface area contributed by atoms with Crippen LogP contribution in [0.3, 0.4) is 0 Å². The second-order valence-electron chi connectivity index (χ2n) is 2.46. The molecule has 2 rings (SSSR count). The summed E-state index contributed by atoms with van der Waals surface area (Å²) in [5, 5.41) is 0. The van der Waals surface area contributed by atoms with Gasteiger partial charge in [-0.3, -0.25) is 0 Å². The highest BCUT2D eigenvalue weighted by atomic mass is 32.1. The molecule has 1 heterocycles. The summed E-state index contributed by atoms with van der Waals surface area (Å²) in [7, 11) is 0. The standard InChI is InChI=1S/C7H7N3S/c8-4-1-2-5-6(3-4)10-7(11)9-5/h1-3H,8H2,(H2,9,10,11)/p+1. The number of aromatic amines is 2. The van der Waals surface area contributed by atoms with Gasteiger partial charge >= 0.3 is 0 Å². The number of fused-ring (bicyclic) bond motifs is 1. The lowest BCUT2D eigenvalue weighted by Gasteiger charge is -1.86. The molecule has 0 fully saturated rings. The summed E-state index contributed by atoms with van der Waals surface area (Å²) in [6.07, 6.45) is 0. The fraction of sp³-hybridized carbons (Fsp3) is 0. The lowest BCUT2D eigenvalue weighted by molar-refractivity contribution is -0.254. The van der Waals surface area contributed by atoms with Crippen LogP contribution in [0.5, 0.6) is 0 Å². The largest absolute Gasteiger partial charge is 0.331 e. The summed E-state index contributed by atoms with van der Waals surface area (Å²) in [5.74, 6) is 0. The van der Waals surface area contributed by atoms with E-state index >= 15 is 0 Å². The fourth-order valence-corrected chi connectivity index (χ4v) is 1.30. The summed E-state index contributed by atoms with van der Waals surface area (Å²) >= 11 is 4.92. The Morgan fingerprint density at radius 2 is 1.91 bits per heavy atom. The fourth-order valence-electron chi connectivity index (χ4n) is 1.08. The Labute approximate surface area is 68.2 Å². The Balaban J connectivity index is 2.92. The Bertz CT molecular complexity index is 440. The third kappa shape index (κ3) is 1.06. The van der Waals surface area contributed by atoms with Crippen molar-refractivity contribution in [3.8, 4) is 0 Å². The van der Waals surface area contributed by atoms with Crippen molar-refractivity contribution < 1.29 is 5.73 Å². The second-order valence-corrected chi connectivity index (χ2v) is 2.87. The Morgan fingerprint density at radius 3 is 2.73 bits per heavy atom. The molecule has 0 spiro atoms. The molecule has 0 aliphatic rings. The van der Waals surface area contributed by atoms with Crippen LogP contribution in [0.4, 0.5) is 5.69 Å². The Kier molecular flexibility index (Phi) is 1.30. The van der Waals surface area contributed by atoms with Crippen LogP contribution in [-0.4, -0.2) is 9.97 Å². The van der Waals surface area contributed by atoms with Crippen LogP contribution in [0.15, 0.2) is 18.2 Å². The molecular formula is C7H8N3S+. The van der Waals surface area contributed by atoms with E-state index in [-0.39, 0.29) is 0 Å². The maximum Gasteiger partial charge on any atom is 0.175 e. The van der Waals surface area contributed by atoms with E-state index in [1.807, 2.05) is 18.2 Å². The summed E-state index contributed by atoms with van der Waals surface area (Å²) in [6, 6.07) is 5.87. The number of H-pyrrole nitrogens is 2. The zero-order valence-electron chi connectivity index (χ0n) is 5.85. The molecule has 0 aliphatic carbocycles. The average molecular weight is 166 g/mol. The number of aromatic nitrogens is 2. The normalized spacial score (nSPS) is 10.6. The average Bonchev–Trinajstić information content (AvgIpc) is 2.27. The molecule has 4 heteroatoms. The lowest BCUT2D eigenvalue weighted by Crippen LogP contribution is -2.39. The van der Waals surface area contributed by atoms with Gasteiger partial charge in [0.25, 0.3) is 0 Å². The monoisotopic (exact) mass is 166 g/mol. The number of hydrogen-bond acceptors (Lipinski definition) is 1. The van der Waals surface area contributed by atoms with Gasteiger partial charge in [-0.1, -0.05) is 0 Å². The maximum atomic E-state index is 4.92. The zero-order chi connectivity index (χ0) is 7.84. The molecule has 0 unspecified atom stereocenters. The summed E-state index contributed by atoms with van der Waals surface area (Å²) in [5.41, 5.74) is 6.85. The van der Waals surface area contributed by atoms with Gasteiger partial charge in [-0.2, -0.15) is 0 Å². The first kappa shape index (κ1) is 6.57. The molecule has 56 valence electrons. The van der Waals surface area contributed by atoms with E-state index < -0.39 is 0 Å². The topological polar surface area (TPSA) is 59.2 Å². The molecule has 11 heavy (non-hydrogen) atoms. The first-order chi connectivity index (χ1) is 5.25. The summed E-state index contributed by atoms with van der Waals surface area (Å²) in [6.45, 7) is 0. The number of benzene rings is 1. The van der Waals surface area contributed by atoms with Gasteiger partial charge in [0.05, 0.1) is 11.0 Å². The quantitative estimate of drug-likeness (QED) is 0.504. The number of nitrogens with one attached hydrogen (secondary N) is 2. The van der Waals surface area contributed by atoms with Gasteiger partial charge in [0.15, 0.2) is 4.77 Å². The molecule has 1 aromatic heterocycles. The predicted octanol–water partition coefficient (Wildman–Crippen LogP) is 1.10. The molecule has 2 aromatic rings. The second kappa shape index (κ2) is 2.18. The van der Waals surface area contributed by atoms with Gasteiger partial charge in [0, 0.05) is 12.1 Å².